The van der Waals surface area contributed by atoms with E-state index in [1.165, 1.54) is 25.7 Å². The van der Waals surface area contributed by atoms with E-state index in [1.54, 1.807) is 6.92 Å². The topological polar surface area (TPSA) is 29.1 Å². The van der Waals surface area contributed by atoms with Crippen molar-refractivity contribution in [3.63, 3.8) is 0 Å². The van der Waals surface area contributed by atoms with E-state index >= 15 is 0 Å². The van der Waals surface area contributed by atoms with E-state index in [1.807, 2.05) is 0 Å². The van der Waals surface area contributed by atoms with Crippen molar-refractivity contribution < 1.29 is 4.79 Å². The number of hydrogen-bond donors (Lipinski definition) is 1. The highest BCUT2D eigenvalue weighted by Crippen LogP contribution is 2.30. The number of carbonyl (C=O) groups is 1. The molecule has 0 aromatic heterocycles. The molecule has 1 amide bonds. The zero-order valence-electron chi connectivity index (χ0n) is 8.18. The third-order valence-corrected chi connectivity index (χ3v) is 3.27. The fourth-order valence-electron chi connectivity index (χ4n) is 2.03. The van der Waals surface area contributed by atoms with Gasteiger partial charge in [-0.1, -0.05) is 12.8 Å². The van der Waals surface area contributed by atoms with Crippen LogP contribution in [0.15, 0.2) is 0 Å². The number of carbonyl (C=O) groups excluding carboxylic acids is 1. The summed E-state index contributed by atoms with van der Waals surface area (Å²) in [6, 6.07) is 0. The van der Waals surface area contributed by atoms with Crippen molar-refractivity contribution in [1.29, 1.82) is 0 Å². The normalized spacial score (nSPS) is 28.5. The maximum absolute atomic E-state index is 10.7. The Morgan fingerprint density at radius 2 is 2.00 bits per heavy atom. The summed E-state index contributed by atoms with van der Waals surface area (Å²) in [7, 11) is 0. The molecular weight excluding hydrogens is 186 g/mol. The molecule has 0 bridgehead atoms. The Kier molecular flexibility index (Phi) is 4.57. The van der Waals surface area contributed by atoms with E-state index in [-0.39, 0.29) is 5.91 Å². The first-order valence-corrected chi connectivity index (χ1v) is 5.58. The summed E-state index contributed by atoms with van der Waals surface area (Å²) >= 11 is 5.88. The van der Waals surface area contributed by atoms with Gasteiger partial charge in [0.05, 0.1) is 0 Å². The van der Waals surface area contributed by atoms with Crippen molar-refractivity contribution in [2.45, 2.75) is 32.6 Å². The molecular formula is C10H18ClNO. The van der Waals surface area contributed by atoms with Crippen LogP contribution >= 0.6 is 11.6 Å². The summed E-state index contributed by atoms with van der Waals surface area (Å²) in [4.78, 5) is 10.7. The van der Waals surface area contributed by atoms with Crippen LogP contribution in [0.4, 0.5) is 0 Å². The van der Waals surface area contributed by atoms with Crippen molar-refractivity contribution in [3.05, 3.63) is 0 Å². The van der Waals surface area contributed by atoms with E-state index in [0.717, 1.165) is 12.4 Å². The Hall–Kier alpha value is -0.240. The van der Waals surface area contributed by atoms with Crippen molar-refractivity contribution in [2.24, 2.45) is 11.8 Å². The quantitative estimate of drug-likeness (QED) is 0.700. The second kappa shape index (κ2) is 5.48. The minimum Gasteiger partial charge on any atom is -0.356 e. The van der Waals surface area contributed by atoms with Gasteiger partial charge in [0.1, 0.15) is 0 Å². The standard InChI is InChI=1S/C10H18ClNO/c1-8(13)12-7-10-5-3-2-4-9(10)6-11/h9-10H,2-7H2,1H3,(H,12,13). The zero-order valence-corrected chi connectivity index (χ0v) is 8.94. The van der Waals surface area contributed by atoms with Gasteiger partial charge >= 0.3 is 0 Å². The lowest BCUT2D eigenvalue weighted by Gasteiger charge is -2.30. The van der Waals surface area contributed by atoms with Crippen molar-refractivity contribution in [1.82, 2.24) is 5.32 Å². The second-order valence-electron chi connectivity index (χ2n) is 3.90. The first-order valence-electron chi connectivity index (χ1n) is 5.04. The third-order valence-electron chi connectivity index (χ3n) is 2.88. The van der Waals surface area contributed by atoms with Gasteiger partial charge in [-0.2, -0.15) is 0 Å². The Morgan fingerprint density at radius 1 is 1.38 bits per heavy atom. The molecule has 1 rings (SSSR count). The smallest absolute Gasteiger partial charge is 0.216 e. The highest BCUT2D eigenvalue weighted by atomic mass is 35.5. The minimum atomic E-state index is 0.0684. The van der Waals surface area contributed by atoms with Crippen LogP contribution in [0.2, 0.25) is 0 Å². The Morgan fingerprint density at radius 3 is 2.54 bits per heavy atom. The molecule has 1 N–H and O–H groups in total. The number of halogens is 1. The number of rotatable bonds is 3. The first-order chi connectivity index (χ1) is 6.24. The first kappa shape index (κ1) is 10.8. The molecule has 1 aliphatic carbocycles. The Bertz CT molecular complexity index is 172. The molecule has 0 aliphatic heterocycles. The van der Waals surface area contributed by atoms with Gasteiger partial charge < -0.3 is 5.32 Å². The van der Waals surface area contributed by atoms with E-state index in [4.69, 9.17) is 11.6 Å². The molecule has 1 aliphatic rings. The molecule has 1 saturated carbocycles. The summed E-state index contributed by atoms with van der Waals surface area (Å²) in [5, 5.41) is 2.88. The molecule has 0 aromatic rings. The molecule has 0 saturated heterocycles. The van der Waals surface area contributed by atoms with Crippen LogP contribution in [0, 0.1) is 11.8 Å². The predicted molar refractivity (Wildman–Crippen MR) is 54.9 cm³/mol. The number of hydrogen-bond acceptors (Lipinski definition) is 1. The van der Waals surface area contributed by atoms with Gasteiger partial charge in [0.15, 0.2) is 0 Å². The molecule has 2 atom stereocenters. The van der Waals surface area contributed by atoms with Crippen LogP contribution in [0.5, 0.6) is 0 Å². The van der Waals surface area contributed by atoms with Gasteiger partial charge in [0.2, 0.25) is 5.91 Å². The van der Waals surface area contributed by atoms with E-state index in [9.17, 15) is 4.79 Å². The molecule has 3 heteroatoms. The van der Waals surface area contributed by atoms with Gasteiger partial charge in [0.25, 0.3) is 0 Å². The Balaban J connectivity index is 2.31. The monoisotopic (exact) mass is 203 g/mol. The molecule has 2 nitrogen and oxygen atoms in total. The predicted octanol–water partition coefficient (Wildman–Crippen LogP) is 2.17. The number of nitrogens with one attached hydrogen (secondary N) is 1. The van der Waals surface area contributed by atoms with Crippen molar-refractivity contribution in [3.8, 4) is 0 Å². The average molecular weight is 204 g/mol. The van der Waals surface area contributed by atoms with Crippen LogP contribution in [0.3, 0.4) is 0 Å². The molecule has 13 heavy (non-hydrogen) atoms. The molecule has 1 fully saturated rings. The largest absolute Gasteiger partial charge is 0.356 e. The van der Waals surface area contributed by atoms with Crippen LogP contribution < -0.4 is 5.32 Å². The van der Waals surface area contributed by atoms with Gasteiger partial charge in [-0.05, 0) is 24.7 Å². The van der Waals surface area contributed by atoms with Crippen LogP contribution in [0.1, 0.15) is 32.6 Å². The lowest BCUT2D eigenvalue weighted by molar-refractivity contribution is -0.119. The lowest BCUT2D eigenvalue weighted by Crippen LogP contribution is -2.33. The molecule has 76 valence electrons. The van der Waals surface area contributed by atoms with Gasteiger partial charge in [-0.3, -0.25) is 4.79 Å². The number of alkyl halides is 1. The molecule has 0 radical (unpaired) electrons. The van der Waals surface area contributed by atoms with Crippen LogP contribution in [-0.2, 0) is 4.79 Å². The van der Waals surface area contributed by atoms with E-state index in [0.29, 0.717) is 11.8 Å². The molecule has 0 spiro atoms. The zero-order chi connectivity index (χ0) is 9.68. The van der Waals surface area contributed by atoms with Crippen molar-refractivity contribution >= 4 is 17.5 Å². The summed E-state index contributed by atoms with van der Waals surface area (Å²) in [6.07, 6.45) is 5.04. The van der Waals surface area contributed by atoms with E-state index < -0.39 is 0 Å². The van der Waals surface area contributed by atoms with Gasteiger partial charge in [0, 0.05) is 19.3 Å². The third kappa shape index (κ3) is 3.55. The highest BCUT2D eigenvalue weighted by molar-refractivity contribution is 6.18. The second-order valence-corrected chi connectivity index (χ2v) is 4.20. The molecule has 0 aromatic carbocycles. The van der Waals surface area contributed by atoms with E-state index in [2.05, 4.69) is 5.32 Å². The summed E-state index contributed by atoms with van der Waals surface area (Å²) in [5.74, 6) is 2.03. The van der Waals surface area contributed by atoms with Gasteiger partial charge in [-0.15, -0.1) is 11.6 Å². The molecule has 2 unspecified atom stereocenters. The lowest BCUT2D eigenvalue weighted by atomic mass is 9.80. The van der Waals surface area contributed by atoms with Crippen LogP contribution in [0.25, 0.3) is 0 Å². The summed E-state index contributed by atoms with van der Waals surface area (Å²) in [6.45, 7) is 2.38. The molecule has 0 heterocycles. The van der Waals surface area contributed by atoms with Crippen molar-refractivity contribution in [2.75, 3.05) is 12.4 Å². The average Bonchev–Trinajstić information content (AvgIpc) is 2.15. The SMILES string of the molecule is CC(=O)NCC1CCCCC1CCl. The van der Waals surface area contributed by atoms with Gasteiger partial charge in [-0.25, -0.2) is 0 Å². The highest BCUT2D eigenvalue weighted by Gasteiger charge is 2.23. The summed E-state index contributed by atoms with van der Waals surface area (Å²) < 4.78 is 0. The summed E-state index contributed by atoms with van der Waals surface area (Å²) in [5.41, 5.74) is 0. The fourth-order valence-corrected chi connectivity index (χ4v) is 2.44. The van der Waals surface area contributed by atoms with Crippen LogP contribution in [-0.4, -0.2) is 18.3 Å². The number of amides is 1. The fraction of sp³-hybridized carbons (Fsp3) is 0.900. The Labute approximate surface area is 85.0 Å². The maximum Gasteiger partial charge on any atom is 0.216 e. The maximum atomic E-state index is 10.7. The minimum absolute atomic E-state index is 0.0684.